The van der Waals surface area contributed by atoms with Crippen LogP contribution in [-0.4, -0.2) is 31.0 Å². The number of nitrogens with zero attached hydrogens (tertiary/aromatic N) is 1. The van der Waals surface area contributed by atoms with Gasteiger partial charge in [0.05, 0.1) is 6.04 Å². The van der Waals surface area contributed by atoms with Crippen molar-refractivity contribution in [3.8, 4) is 5.75 Å². The third-order valence-corrected chi connectivity index (χ3v) is 3.82. The van der Waals surface area contributed by atoms with Gasteiger partial charge in [0.2, 0.25) is 5.91 Å². The average molecular weight is 346 g/mol. The first-order valence-corrected chi connectivity index (χ1v) is 7.75. The van der Waals surface area contributed by atoms with Crippen molar-refractivity contribution in [3.63, 3.8) is 0 Å². The Morgan fingerprint density at radius 1 is 1.16 bits per heavy atom. The van der Waals surface area contributed by atoms with Crippen LogP contribution in [0.4, 0.5) is 14.5 Å². The van der Waals surface area contributed by atoms with Crippen molar-refractivity contribution in [1.82, 2.24) is 5.32 Å². The Morgan fingerprint density at radius 2 is 1.88 bits per heavy atom. The Balaban J connectivity index is 1.53. The van der Waals surface area contributed by atoms with Crippen molar-refractivity contribution in [2.45, 2.75) is 12.5 Å². The molecule has 1 atom stereocenters. The van der Waals surface area contributed by atoms with Gasteiger partial charge in [0, 0.05) is 18.7 Å². The normalized spacial score (nSPS) is 16.8. The van der Waals surface area contributed by atoms with E-state index in [0.717, 1.165) is 0 Å². The van der Waals surface area contributed by atoms with E-state index in [4.69, 9.17) is 4.74 Å². The van der Waals surface area contributed by atoms with Gasteiger partial charge in [0.25, 0.3) is 5.91 Å². The zero-order chi connectivity index (χ0) is 17.8. The van der Waals surface area contributed by atoms with E-state index < -0.39 is 11.7 Å². The van der Waals surface area contributed by atoms with Crippen LogP contribution in [0.5, 0.6) is 5.75 Å². The van der Waals surface area contributed by atoms with E-state index in [2.05, 4.69) is 5.32 Å². The van der Waals surface area contributed by atoms with E-state index in [-0.39, 0.29) is 43.1 Å². The predicted molar refractivity (Wildman–Crippen MR) is 87.2 cm³/mol. The maximum Gasteiger partial charge on any atom is 0.258 e. The summed E-state index contributed by atoms with van der Waals surface area (Å²) in [7, 11) is 0. The number of para-hydroxylation sites is 1. The zero-order valence-corrected chi connectivity index (χ0v) is 13.2. The highest BCUT2D eigenvalue weighted by Crippen LogP contribution is 2.22. The van der Waals surface area contributed by atoms with Gasteiger partial charge < -0.3 is 15.0 Å². The van der Waals surface area contributed by atoms with Crippen LogP contribution in [0.1, 0.15) is 6.42 Å². The second kappa shape index (κ2) is 7.29. The summed E-state index contributed by atoms with van der Waals surface area (Å²) < 4.78 is 31.5. The molecule has 0 saturated carbocycles. The van der Waals surface area contributed by atoms with E-state index in [1.54, 1.807) is 6.07 Å². The molecule has 25 heavy (non-hydrogen) atoms. The number of rotatable bonds is 5. The third kappa shape index (κ3) is 4.12. The summed E-state index contributed by atoms with van der Waals surface area (Å²) in [5.74, 6) is -1.54. The molecule has 3 rings (SSSR count). The first-order chi connectivity index (χ1) is 12.0. The number of ether oxygens (including phenoxy) is 1. The molecule has 0 bridgehead atoms. The van der Waals surface area contributed by atoms with E-state index in [1.807, 2.05) is 0 Å². The Labute approximate surface area is 143 Å². The Bertz CT molecular complexity index is 780. The van der Waals surface area contributed by atoms with Gasteiger partial charge in [0.1, 0.15) is 5.82 Å². The molecule has 1 aliphatic rings. The highest BCUT2D eigenvalue weighted by molar-refractivity contribution is 5.96. The van der Waals surface area contributed by atoms with Gasteiger partial charge in [-0.05, 0) is 36.4 Å². The highest BCUT2D eigenvalue weighted by Gasteiger charge is 2.31. The summed E-state index contributed by atoms with van der Waals surface area (Å²) in [5, 5.41) is 2.69. The zero-order valence-electron chi connectivity index (χ0n) is 13.2. The summed E-state index contributed by atoms with van der Waals surface area (Å²) in [5.41, 5.74) is 0.575. The van der Waals surface area contributed by atoms with Gasteiger partial charge in [0.15, 0.2) is 18.2 Å². The molecular formula is C18H16F2N2O3. The van der Waals surface area contributed by atoms with Crippen LogP contribution in [0.15, 0.2) is 48.5 Å². The maximum atomic E-state index is 13.4. The Hall–Kier alpha value is -2.96. The molecule has 1 N–H and O–H groups in total. The molecule has 0 aromatic heterocycles. The van der Waals surface area contributed by atoms with Crippen molar-refractivity contribution in [2.75, 3.05) is 18.1 Å². The predicted octanol–water partition coefficient (Wildman–Crippen LogP) is 2.27. The highest BCUT2D eigenvalue weighted by atomic mass is 19.1. The van der Waals surface area contributed by atoms with Gasteiger partial charge >= 0.3 is 0 Å². The molecule has 0 radical (unpaired) electrons. The molecular weight excluding hydrogens is 330 g/mol. The molecule has 7 heteroatoms. The van der Waals surface area contributed by atoms with E-state index in [1.165, 1.54) is 47.4 Å². The van der Waals surface area contributed by atoms with Crippen LogP contribution >= 0.6 is 0 Å². The fourth-order valence-corrected chi connectivity index (χ4v) is 2.65. The standard InChI is InChI=1S/C18H16F2N2O3/c19-12-5-7-14(8-6-12)22-10-13(9-18(22)24)21-17(23)11-25-16-4-2-1-3-15(16)20/h1-8,13H,9-11H2,(H,21,23). The van der Waals surface area contributed by atoms with Gasteiger partial charge in [-0.2, -0.15) is 0 Å². The summed E-state index contributed by atoms with van der Waals surface area (Å²) in [6.07, 6.45) is 0.142. The van der Waals surface area contributed by atoms with Crippen LogP contribution in [0, 0.1) is 11.6 Å². The van der Waals surface area contributed by atoms with Gasteiger partial charge in [-0.1, -0.05) is 12.1 Å². The van der Waals surface area contributed by atoms with Crippen LogP contribution in [0.3, 0.4) is 0 Å². The SMILES string of the molecule is O=C(COc1ccccc1F)NC1CC(=O)N(c2ccc(F)cc2)C1. The molecule has 2 aromatic carbocycles. The number of halogens is 2. The lowest BCUT2D eigenvalue weighted by molar-refractivity contribution is -0.123. The maximum absolute atomic E-state index is 13.4. The molecule has 1 heterocycles. The second-order valence-corrected chi connectivity index (χ2v) is 5.67. The molecule has 5 nitrogen and oxygen atoms in total. The Morgan fingerprint density at radius 3 is 2.60 bits per heavy atom. The first kappa shape index (κ1) is 16.9. The number of carbonyl (C=O) groups excluding carboxylic acids is 2. The number of hydrogen-bond donors (Lipinski definition) is 1. The van der Waals surface area contributed by atoms with Crippen molar-refractivity contribution >= 4 is 17.5 Å². The number of carbonyl (C=O) groups is 2. The largest absolute Gasteiger partial charge is 0.481 e. The van der Waals surface area contributed by atoms with Crippen LogP contribution in [-0.2, 0) is 9.59 Å². The van der Waals surface area contributed by atoms with E-state index >= 15 is 0 Å². The summed E-state index contributed by atoms with van der Waals surface area (Å²) in [6.45, 7) is -0.0575. The van der Waals surface area contributed by atoms with Crippen LogP contribution in [0.25, 0.3) is 0 Å². The fraction of sp³-hybridized carbons (Fsp3) is 0.222. The fourth-order valence-electron chi connectivity index (χ4n) is 2.65. The molecule has 0 spiro atoms. The quantitative estimate of drug-likeness (QED) is 0.904. The topological polar surface area (TPSA) is 58.6 Å². The van der Waals surface area contributed by atoms with Gasteiger partial charge in [-0.25, -0.2) is 8.78 Å². The number of benzene rings is 2. The summed E-state index contributed by atoms with van der Waals surface area (Å²) in [6, 6.07) is 11.0. The summed E-state index contributed by atoms with van der Waals surface area (Å²) >= 11 is 0. The summed E-state index contributed by atoms with van der Waals surface area (Å²) in [4.78, 5) is 25.5. The smallest absolute Gasteiger partial charge is 0.258 e. The van der Waals surface area contributed by atoms with Crippen molar-refractivity contribution in [2.24, 2.45) is 0 Å². The van der Waals surface area contributed by atoms with Crippen LogP contribution < -0.4 is 15.0 Å². The molecule has 2 aromatic rings. The minimum Gasteiger partial charge on any atom is -0.481 e. The molecule has 130 valence electrons. The molecule has 0 aliphatic carbocycles. The minimum atomic E-state index is -0.547. The van der Waals surface area contributed by atoms with Gasteiger partial charge in [-0.15, -0.1) is 0 Å². The van der Waals surface area contributed by atoms with E-state index in [0.29, 0.717) is 5.69 Å². The number of nitrogens with one attached hydrogen (secondary N) is 1. The van der Waals surface area contributed by atoms with Gasteiger partial charge in [-0.3, -0.25) is 9.59 Å². The first-order valence-electron chi connectivity index (χ1n) is 7.75. The van der Waals surface area contributed by atoms with E-state index in [9.17, 15) is 18.4 Å². The van der Waals surface area contributed by atoms with Crippen molar-refractivity contribution in [1.29, 1.82) is 0 Å². The lowest BCUT2D eigenvalue weighted by Gasteiger charge is -2.17. The third-order valence-electron chi connectivity index (χ3n) is 3.82. The average Bonchev–Trinajstić information content (AvgIpc) is 2.95. The number of hydrogen-bond acceptors (Lipinski definition) is 3. The Kier molecular flexibility index (Phi) is 4.92. The number of anilines is 1. The molecule has 1 unspecified atom stereocenters. The second-order valence-electron chi connectivity index (χ2n) is 5.67. The molecule has 2 amide bonds. The minimum absolute atomic E-state index is 0.00640. The van der Waals surface area contributed by atoms with Crippen molar-refractivity contribution < 1.29 is 23.1 Å². The van der Waals surface area contributed by atoms with Crippen molar-refractivity contribution in [3.05, 3.63) is 60.2 Å². The molecule has 1 saturated heterocycles. The molecule has 1 aliphatic heterocycles. The monoisotopic (exact) mass is 346 g/mol. The van der Waals surface area contributed by atoms with Crippen LogP contribution in [0.2, 0.25) is 0 Å². The molecule has 1 fully saturated rings. The lowest BCUT2D eigenvalue weighted by atomic mass is 10.2. The lowest BCUT2D eigenvalue weighted by Crippen LogP contribution is -2.39. The number of amides is 2.